The van der Waals surface area contributed by atoms with Crippen LogP contribution in [0.4, 0.5) is 10.5 Å². The van der Waals surface area contributed by atoms with Crippen LogP contribution in [0.1, 0.15) is 27.6 Å². The maximum Gasteiger partial charge on any atom is 0.335 e. The first kappa shape index (κ1) is 16.4. The van der Waals surface area contributed by atoms with E-state index in [-0.39, 0.29) is 23.4 Å². The molecule has 0 unspecified atom stereocenters. The van der Waals surface area contributed by atoms with Gasteiger partial charge in [-0.15, -0.1) is 0 Å². The average Bonchev–Trinajstić information content (AvgIpc) is 2.43. The smallest absolute Gasteiger partial charge is 0.335 e. The molecule has 21 heavy (non-hydrogen) atoms. The predicted octanol–water partition coefficient (Wildman–Crippen LogP) is 1.24. The highest BCUT2D eigenvalue weighted by molar-refractivity contribution is 5.98. The zero-order valence-corrected chi connectivity index (χ0v) is 11.4. The average molecular weight is 296 g/mol. The molecule has 1 aromatic rings. The number of carbonyl (C=O) groups excluding carboxylic acids is 1. The van der Waals surface area contributed by atoms with Gasteiger partial charge in [-0.2, -0.15) is 0 Å². The fourth-order valence-electron chi connectivity index (χ4n) is 1.50. The van der Waals surface area contributed by atoms with E-state index in [4.69, 9.17) is 14.9 Å². The second-order valence-electron chi connectivity index (χ2n) is 3.99. The number of amides is 2. The largest absolute Gasteiger partial charge is 0.478 e. The summed E-state index contributed by atoms with van der Waals surface area (Å²) in [5.74, 6) is -2.56. The van der Waals surface area contributed by atoms with Crippen molar-refractivity contribution in [1.29, 1.82) is 0 Å². The minimum atomic E-state index is -1.28. The topological polar surface area (TPSA) is 125 Å². The highest BCUT2D eigenvalue weighted by atomic mass is 16.5. The summed E-state index contributed by atoms with van der Waals surface area (Å²) in [5, 5.41) is 22.7. The van der Waals surface area contributed by atoms with E-state index in [9.17, 15) is 14.4 Å². The molecule has 0 fully saturated rings. The molecular formula is C13H16N2O6. The first-order valence-electron chi connectivity index (χ1n) is 6.18. The number of anilines is 1. The highest BCUT2D eigenvalue weighted by Gasteiger charge is 2.12. The lowest BCUT2D eigenvalue weighted by Crippen LogP contribution is -2.31. The molecule has 0 radical (unpaired) electrons. The molecule has 0 aliphatic heterocycles. The maximum absolute atomic E-state index is 11.6. The van der Waals surface area contributed by atoms with Gasteiger partial charge in [0.05, 0.1) is 17.7 Å². The van der Waals surface area contributed by atoms with E-state index in [1.165, 1.54) is 12.1 Å². The van der Waals surface area contributed by atoms with Gasteiger partial charge in [0.25, 0.3) is 0 Å². The minimum Gasteiger partial charge on any atom is -0.478 e. The number of carboxylic acid groups (broad SMARTS) is 2. The van der Waals surface area contributed by atoms with E-state index in [1.807, 2.05) is 6.92 Å². The van der Waals surface area contributed by atoms with E-state index < -0.39 is 18.0 Å². The van der Waals surface area contributed by atoms with Crippen LogP contribution in [0.25, 0.3) is 0 Å². The maximum atomic E-state index is 11.6. The number of hydrogen-bond acceptors (Lipinski definition) is 4. The van der Waals surface area contributed by atoms with Gasteiger partial charge >= 0.3 is 18.0 Å². The van der Waals surface area contributed by atoms with Gasteiger partial charge in [-0.3, -0.25) is 0 Å². The number of carbonyl (C=O) groups is 3. The second-order valence-corrected chi connectivity index (χ2v) is 3.99. The van der Waals surface area contributed by atoms with Crippen molar-refractivity contribution in [1.82, 2.24) is 5.32 Å². The van der Waals surface area contributed by atoms with Crippen molar-refractivity contribution in [2.75, 3.05) is 25.1 Å². The summed E-state index contributed by atoms with van der Waals surface area (Å²) < 4.78 is 5.04. The van der Waals surface area contributed by atoms with Crippen molar-refractivity contribution in [3.8, 4) is 0 Å². The lowest BCUT2D eigenvalue weighted by atomic mass is 10.1. The van der Waals surface area contributed by atoms with Gasteiger partial charge in [-0.1, -0.05) is 0 Å². The Morgan fingerprint density at radius 2 is 1.67 bits per heavy atom. The zero-order valence-electron chi connectivity index (χ0n) is 11.4. The van der Waals surface area contributed by atoms with Gasteiger partial charge in [0, 0.05) is 18.8 Å². The number of benzene rings is 1. The van der Waals surface area contributed by atoms with Gasteiger partial charge in [-0.05, 0) is 25.1 Å². The van der Waals surface area contributed by atoms with Crippen molar-refractivity contribution < 1.29 is 29.3 Å². The van der Waals surface area contributed by atoms with E-state index in [0.29, 0.717) is 13.2 Å². The second kappa shape index (κ2) is 7.85. The lowest BCUT2D eigenvalue weighted by molar-refractivity contribution is 0.0696. The van der Waals surface area contributed by atoms with Gasteiger partial charge in [-0.25, -0.2) is 14.4 Å². The third-order valence-electron chi connectivity index (χ3n) is 2.42. The molecule has 0 bridgehead atoms. The van der Waals surface area contributed by atoms with Crippen LogP contribution in [0, 0.1) is 0 Å². The Morgan fingerprint density at radius 1 is 1.10 bits per heavy atom. The third-order valence-corrected chi connectivity index (χ3v) is 2.42. The van der Waals surface area contributed by atoms with Crippen molar-refractivity contribution in [2.45, 2.75) is 6.92 Å². The number of urea groups is 1. The number of ether oxygens (including phenoxy) is 1. The fraction of sp³-hybridized carbons (Fsp3) is 0.308. The van der Waals surface area contributed by atoms with Crippen LogP contribution in [-0.2, 0) is 4.74 Å². The van der Waals surface area contributed by atoms with Crippen LogP contribution >= 0.6 is 0 Å². The Morgan fingerprint density at radius 3 is 2.14 bits per heavy atom. The number of nitrogens with one attached hydrogen (secondary N) is 2. The molecule has 1 rings (SSSR count). The summed E-state index contributed by atoms with van der Waals surface area (Å²) in [6, 6.07) is 2.80. The minimum absolute atomic E-state index is 0.0845. The fourth-order valence-corrected chi connectivity index (χ4v) is 1.50. The first-order valence-corrected chi connectivity index (χ1v) is 6.18. The van der Waals surface area contributed by atoms with Crippen molar-refractivity contribution in [3.05, 3.63) is 29.3 Å². The zero-order chi connectivity index (χ0) is 15.8. The SMILES string of the molecule is CCOCCNC(=O)Nc1cc(C(=O)O)cc(C(=O)O)c1. The molecule has 2 amide bonds. The molecule has 0 saturated carbocycles. The number of aromatic carboxylic acids is 2. The summed E-state index contributed by atoms with van der Waals surface area (Å²) in [5.41, 5.74) is -0.361. The molecule has 8 heteroatoms. The van der Waals surface area contributed by atoms with Crippen molar-refractivity contribution >= 4 is 23.7 Å². The van der Waals surface area contributed by atoms with Gasteiger partial charge in [0.15, 0.2) is 0 Å². The molecular weight excluding hydrogens is 280 g/mol. The molecule has 1 aromatic carbocycles. The highest BCUT2D eigenvalue weighted by Crippen LogP contribution is 2.15. The van der Waals surface area contributed by atoms with Crippen LogP contribution in [0.3, 0.4) is 0 Å². The number of hydrogen-bond donors (Lipinski definition) is 4. The Labute approximate surface area is 120 Å². The third kappa shape index (κ3) is 5.49. The monoisotopic (exact) mass is 296 g/mol. The Bertz CT molecular complexity index is 511. The van der Waals surface area contributed by atoms with Crippen LogP contribution < -0.4 is 10.6 Å². The summed E-state index contributed by atoms with van der Waals surface area (Å²) in [6.45, 7) is 2.99. The van der Waals surface area contributed by atoms with Gasteiger partial charge in [0.1, 0.15) is 0 Å². The van der Waals surface area contributed by atoms with E-state index >= 15 is 0 Å². The van der Waals surface area contributed by atoms with E-state index in [1.54, 1.807) is 0 Å². The Kier molecular flexibility index (Phi) is 6.15. The molecule has 0 aliphatic carbocycles. The van der Waals surface area contributed by atoms with Crippen LogP contribution in [0.2, 0.25) is 0 Å². The lowest BCUT2D eigenvalue weighted by Gasteiger charge is -2.09. The van der Waals surface area contributed by atoms with Crippen LogP contribution in [0.15, 0.2) is 18.2 Å². The summed E-state index contributed by atoms with van der Waals surface area (Å²) >= 11 is 0. The Balaban J connectivity index is 2.75. The molecule has 0 aromatic heterocycles. The first-order chi connectivity index (χ1) is 9.93. The van der Waals surface area contributed by atoms with Crippen molar-refractivity contribution in [3.63, 3.8) is 0 Å². The van der Waals surface area contributed by atoms with Crippen molar-refractivity contribution in [2.24, 2.45) is 0 Å². The standard InChI is InChI=1S/C13H16N2O6/c1-2-21-4-3-14-13(20)15-10-6-8(11(16)17)5-9(7-10)12(18)19/h5-7H,2-4H2,1H3,(H,16,17)(H,18,19)(H2,14,15,20). The molecule has 0 atom stereocenters. The summed E-state index contributed by atoms with van der Waals surface area (Å²) in [6.07, 6.45) is 0. The molecule has 0 saturated heterocycles. The van der Waals surface area contributed by atoms with E-state index in [2.05, 4.69) is 10.6 Å². The quantitative estimate of drug-likeness (QED) is 0.561. The van der Waals surface area contributed by atoms with Gasteiger partial charge in [0.2, 0.25) is 0 Å². The molecule has 8 nitrogen and oxygen atoms in total. The summed E-state index contributed by atoms with van der Waals surface area (Å²) in [4.78, 5) is 33.4. The number of rotatable bonds is 7. The molecule has 114 valence electrons. The van der Waals surface area contributed by atoms with Crippen LogP contribution in [-0.4, -0.2) is 47.9 Å². The summed E-state index contributed by atoms with van der Waals surface area (Å²) in [7, 11) is 0. The molecule has 4 N–H and O–H groups in total. The normalized spacial score (nSPS) is 9.95. The predicted molar refractivity (Wildman–Crippen MR) is 73.9 cm³/mol. The Hall–Kier alpha value is -2.61. The molecule has 0 spiro atoms. The van der Waals surface area contributed by atoms with E-state index in [0.717, 1.165) is 6.07 Å². The molecule has 0 heterocycles. The molecule has 0 aliphatic rings. The van der Waals surface area contributed by atoms with Crippen LogP contribution in [0.5, 0.6) is 0 Å². The van der Waals surface area contributed by atoms with Gasteiger partial charge < -0.3 is 25.6 Å². The number of carboxylic acids is 2.